The van der Waals surface area contributed by atoms with E-state index in [-0.39, 0.29) is 12.4 Å². The smallest absolute Gasteiger partial charge is 0.262 e. The third kappa shape index (κ3) is 1.38. The maximum Gasteiger partial charge on any atom is 0.262 e. The molecule has 0 fully saturated rings. The van der Waals surface area contributed by atoms with Crippen molar-refractivity contribution in [2.24, 2.45) is 0 Å². The molecule has 0 aromatic carbocycles. The lowest BCUT2D eigenvalue weighted by atomic mass is 11.0. The SMILES string of the molecule is CNc1ncon1.Cl. The van der Waals surface area contributed by atoms with Gasteiger partial charge in [-0.1, -0.05) is 0 Å². The fourth-order valence-electron chi connectivity index (χ4n) is 0.281. The quantitative estimate of drug-likeness (QED) is 0.611. The number of hydrogen-bond donors (Lipinski definition) is 1. The molecule has 0 amide bonds. The Kier molecular flexibility index (Phi) is 2.95. The Balaban J connectivity index is 0.000000490. The standard InChI is InChI=1S/C3H5N3O.ClH/c1-4-3-5-2-7-6-3;/h2H,1H3,(H,4,6);1H. The number of anilines is 1. The van der Waals surface area contributed by atoms with Gasteiger partial charge >= 0.3 is 0 Å². The largest absolute Gasteiger partial charge is 0.355 e. The van der Waals surface area contributed by atoms with Crippen LogP contribution in [0.3, 0.4) is 0 Å². The first-order valence-electron chi connectivity index (χ1n) is 1.87. The molecule has 1 aromatic rings. The molecule has 4 nitrogen and oxygen atoms in total. The summed E-state index contributed by atoms with van der Waals surface area (Å²) in [5, 5.41) is 6.13. The van der Waals surface area contributed by atoms with Gasteiger partial charge in [0, 0.05) is 7.05 Å². The highest BCUT2D eigenvalue weighted by Gasteiger charge is 1.86. The van der Waals surface area contributed by atoms with Crippen molar-refractivity contribution in [1.82, 2.24) is 10.1 Å². The van der Waals surface area contributed by atoms with E-state index in [2.05, 4.69) is 20.0 Å². The summed E-state index contributed by atoms with van der Waals surface area (Å²) in [5.74, 6) is 0.514. The van der Waals surface area contributed by atoms with Crippen molar-refractivity contribution in [3.63, 3.8) is 0 Å². The first kappa shape index (κ1) is 7.23. The van der Waals surface area contributed by atoms with Gasteiger partial charge in [-0.2, -0.15) is 4.98 Å². The van der Waals surface area contributed by atoms with Crippen LogP contribution < -0.4 is 5.32 Å². The fourth-order valence-corrected chi connectivity index (χ4v) is 0.281. The number of halogens is 1. The van der Waals surface area contributed by atoms with Crippen LogP contribution in [-0.4, -0.2) is 17.2 Å². The highest BCUT2D eigenvalue weighted by molar-refractivity contribution is 5.85. The lowest BCUT2D eigenvalue weighted by Crippen LogP contribution is -1.87. The van der Waals surface area contributed by atoms with Crippen molar-refractivity contribution in [1.29, 1.82) is 0 Å². The van der Waals surface area contributed by atoms with Gasteiger partial charge in [-0.15, -0.1) is 12.4 Å². The molecule has 0 unspecified atom stereocenters. The van der Waals surface area contributed by atoms with Crippen LogP contribution in [0.5, 0.6) is 0 Å². The van der Waals surface area contributed by atoms with E-state index in [0.29, 0.717) is 5.95 Å². The summed E-state index contributed by atoms with van der Waals surface area (Å²) in [4.78, 5) is 3.65. The molecule has 1 aromatic heterocycles. The Hall–Kier alpha value is -0.770. The molecule has 1 N–H and O–H groups in total. The van der Waals surface area contributed by atoms with E-state index in [1.54, 1.807) is 7.05 Å². The number of aromatic nitrogens is 2. The van der Waals surface area contributed by atoms with Crippen molar-refractivity contribution in [2.45, 2.75) is 0 Å². The van der Waals surface area contributed by atoms with Crippen molar-refractivity contribution < 1.29 is 4.52 Å². The molecule has 1 rings (SSSR count). The Morgan fingerprint density at radius 1 is 1.75 bits per heavy atom. The van der Waals surface area contributed by atoms with Gasteiger partial charge in [0.05, 0.1) is 0 Å². The maximum absolute atomic E-state index is 4.38. The second-order valence-electron chi connectivity index (χ2n) is 1.00. The van der Waals surface area contributed by atoms with Crippen LogP contribution >= 0.6 is 12.4 Å². The summed E-state index contributed by atoms with van der Waals surface area (Å²) in [5.41, 5.74) is 0. The van der Waals surface area contributed by atoms with Gasteiger partial charge < -0.3 is 9.84 Å². The molecule has 5 heteroatoms. The van der Waals surface area contributed by atoms with Gasteiger partial charge in [-0.3, -0.25) is 0 Å². The molecule has 0 aliphatic heterocycles. The van der Waals surface area contributed by atoms with Crippen LogP contribution in [0.15, 0.2) is 10.9 Å². The molecule has 0 saturated carbocycles. The first-order valence-corrected chi connectivity index (χ1v) is 1.87. The van der Waals surface area contributed by atoms with E-state index >= 15 is 0 Å². The zero-order valence-corrected chi connectivity index (χ0v) is 5.10. The summed E-state index contributed by atoms with van der Waals surface area (Å²) < 4.78 is 4.38. The molecular weight excluding hydrogens is 130 g/mol. The highest BCUT2D eigenvalue weighted by Crippen LogP contribution is 1.89. The summed E-state index contributed by atoms with van der Waals surface area (Å²) in [7, 11) is 1.73. The minimum atomic E-state index is 0. The Bertz CT molecular complexity index is 129. The lowest BCUT2D eigenvalue weighted by molar-refractivity contribution is 0.419. The topological polar surface area (TPSA) is 51.0 Å². The molecule has 0 aliphatic rings. The van der Waals surface area contributed by atoms with E-state index in [0.717, 1.165) is 0 Å². The first-order chi connectivity index (χ1) is 3.43. The predicted octanol–water partition coefficient (Wildman–Crippen LogP) is 0.533. The minimum Gasteiger partial charge on any atom is -0.355 e. The minimum absolute atomic E-state index is 0. The average molecular weight is 136 g/mol. The van der Waals surface area contributed by atoms with Crippen molar-refractivity contribution >= 4 is 18.4 Å². The third-order valence-corrected chi connectivity index (χ3v) is 0.585. The second kappa shape index (κ2) is 3.26. The summed E-state index contributed by atoms with van der Waals surface area (Å²) in [6.07, 6.45) is 1.27. The fraction of sp³-hybridized carbons (Fsp3) is 0.333. The van der Waals surface area contributed by atoms with Crippen molar-refractivity contribution in [2.75, 3.05) is 12.4 Å². The molecule has 8 heavy (non-hydrogen) atoms. The monoisotopic (exact) mass is 135 g/mol. The van der Waals surface area contributed by atoms with Gasteiger partial charge in [0.2, 0.25) is 6.39 Å². The van der Waals surface area contributed by atoms with E-state index in [1.807, 2.05) is 0 Å². The van der Waals surface area contributed by atoms with Gasteiger partial charge in [0.25, 0.3) is 5.95 Å². The van der Waals surface area contributed by atoms with E-state index in [4.69, 9.17) is 0 Å². The Labute approximate surface area is 52.7 Å². The zero-order valence-electron chi connectivity index (χ0n) is 4.29. The van der Waals surface area contributed by atoms with Crippen LogP contribution in [-0.2, 0) is 0 Å². The van der Waals surface area contributed by atoms with E-state index < -0.39 is 0 Å². The lowest BCUT2D eigenvalue weighted by Gasteiger charge is -1.80. The molecule has 0 atom stereocenters. The van der Waals surface area contributed by atoms with Crippen LogP contribution in [0.25, 0.3) is 0 Å². The van der Waals surface area contributed by atoms with Gasteiger partial charge in [0.15, 0.2) is 0 Å². The molecule has 1 heterocycles. The molecule has 0 aliphatic carbocycles. The number of nitrogens with one attached hydrogen (secondary N) is 1. The average Bonchev–Trinajstić information content (AvgIpc) is 2.14. The summed E-state index contributed by atoms with van der Waals surface area (Å²) in [6.45, 7) is 0. The maximum atomic E-state index is 4.38. The molecular formula is C3H6ClN3O. The molecule has 0 radical (unpaired) electrons. The Morgan fingerprint density at radius 3 is 2.75 bits per heavy atom. The molecule has 0 saturated heterocycles. The summed E-state index contributed by atoms with van der Waals surface area (Å²) >= 11 is 0. The van der Waals surface area contributed by atoms with Crippen molar-refractivity contribution in [3.05, 3.63) is 6.39 Å². The number of hydrogen-bond acceptors (Lipinski definition) is 4. The third-order valence-electron chi connectivity index (χ3n) is 0.585. The van der Waals surface area contributed by atoms with Crippen LogP contribution in [0, 0.1) is 0 Å². The second-order valence-corrected chi connectivity index (χ2v) is 1.00. The van der Waals surface area contributed by atoms with Crippen molar-refractivity contribution in [3.8, 4) is 0 Å². The highest BCUT2D eigenvalue weighted by atomic mass is 35.5. The zero-order chi connectivity index (χ0) is 5.11. The molecule has 0 spiro atoms. The van der Waals surface area contributed by atoms with Gasteiger partial charge in [-0.25, -0.2) is 0 Å². The Morgan fingerprint density at radius 2 is 2.50 bits per heavy atom. The summed E-state index contributed by atoms with van der Waals surface area (Å²) in [6, 6.07) is 0. The normalized spacial score (nSPS) is 7.62. The number of rotatable bonds is 1. The predicted molar refractivity (Wildman–Crippen MR) is 31.1 cm³/mol. The van der Waals surface area contributed by atoms with Crippen LogP contribution in [0.1, 0.15) is 0 Å². The molecule has 46 valence electrons. The van der Waals surface area contributed by atoms with Gasteiger partial charge in [0.1, 0.15) is 0 Å². The van der Waals surface area contributed by atoms with Gasteiger partial charge in [-0.05, 0) is 5.16 Å². The van der Waals surface area contributed by atoms with Crippen LogP contribution in [0.4, 0.5) is 5.95 Å². The molecule has 0 bridgehead atoms. The number of nitrogens with zero attached hydrogens (tertiary/aromatic N) is 2. The van der Waals surface area contributed by atoms with E-state index in [1.165, 1.54) is 6.39 Å². The van der Waals surface area contributed by atoms with Crippen LogP contribution in [0.2, 0.25) is 0 Å². The van der Waals surface area contributed by atoms with E-state index in [9.17, 15) is 0 Å².